The number of ether oxygens (including phenoxy) is 3. The molecule has 0 bridgehead atoms. The number of carbonyl (C=O) groups excluding carboxylic acids is 2. The summed E-state index contributed by atoms with van der Waals surface area (Å²) in [7, 11) is 0. The molecule has 2 fully saturated rings. The molecule has 158 valence electrons. The second-order valence-electron chi connectivity index (χ2n) is 8.32. The molecule has 0 atom stereocenters. The summed E-state index contributed by atoms with van der Waals surface area (Å²) in [6.45, 7) is 0.769. The molecule has 0 unspecified atom stereocenters. The molecule has 1 heterocycles. The minimum absolute atomic E-state index is 0.0466. The molecule has 29 heavy (non-hydrogen) atoms. The standard InChI is InChI=1S/C23H31NO5/c25-22(24(18-7-3-1-4-8-18)19-9-5-2-6-10-19)16-29-23(26)17-11-12-20-21(15-17)28-14-13-27-20/h11-12,15,18-19H,1-10,13-14,16H2. The van der Waals surface area contributed by atoms with Crippen molar-refractivity contribution in [1.29, 1.82) is 0 Å². The molecule has 0 spiro atoms. The van der Waals surface area contributed by atoms with Gasteiger partial charge in [0.2, 0.25) is 0 Å². The van der Waals surface area contributed by atoms with Gasteiger partial charge in [0.05, 0.1) is 5.56 Å². The number of hydrogen-bond donors (Lipinski definition) is 0. The lowest BCUT2D eigenvalue weighted by molar-refractivity contribution is -0.141. The van der Waals surface area contributed by atoms with E-state index < -0.39 is 5.97 Å². The van der Waals surface area contributed by atoms with E-state index in [-0.39, 0.29) is 12.5 Å². The average molecular weight is 402 g/mol. The quantitative estimate of drug-likeness (QED) is 0.695. The molecule has 2 aliphatic carbocycles. The number of rotatable bonds is 5. The van der Waals surface area contributed by atoms with Crippen molar-refractivity contribution in [2.24, 2.45) is 0 Å². The van der Waals surface area contributed by atoms with Crippen molar-refractivity contribution < 1.29 is 23.8 Å². The molecule has 2 saturated carbocycles. The minimum Gasteiger partial charge on any atom is -0.486 e. The van der Waals surface area contributed by atoms with E-state index in [4.69, 9.17) is 14.2 Å². The van der Waals surface area contributed by atoms with Crippen LogP contribution in [0.3, 0.4) is 0 Å². The number of benzene rings is 1. The normalized spacial score (nSPS) is 20.1. The van der Waals surface area contributed by atoms with E-state index in [9.17, 15) is 9.59 Å². The van der Waals surface area contributed by atoms with Crippen LogP contribution in [-0.2, 0) is 9.53 Å². The van der Waals surface area contributed by atoms with E-state index in [2.05, 4.69) is 4.90 Å². The number of fused-ring (bicyclic) bond motifs is 1. The van der Waals surface area contributed by atoms with Crippen LogP contribution in [0.25, 0.3) is 0 Å². The summed E-state index contributed by atoms with van der Waals surface area (Å²) in [6, 6.07) is 5.59. The van der Waals surface area contributed by atoms with Gasteiger partial charge in [0, 0.05) is 12.1 Å². The Morgan fingerprint density at radius 2 is 1.45 bits per heavy atom. The molecule has 0 N–H and O–H groups in total. The molecule has 6 heteroatoms. The van der Waals surface area contributed by atoms with Gasteiger partial charge < -0.3 is 19.1 Å². The highest BCUT2D eigenvalue weighted by Gasteiger charge is 2.33. The smallest absolute Gasteiger partial charge is 0.338 e. The van der Waals surface area contributed by atoms with Gasteiger partial charge in [-0.15, -0.1) is 0 Å². The van der Waals surface area contributed by atoms with Gasteiger partial charge in [-0.1, -0.05) is 38.5 Å². The van der Waals surface area contributed by atoms with Crippen molar-refractivity contribution >= 4 is 11.9 Å². The van der Waals surface area contributed by atoms with E-state index >= 15 is 0 Å². The summed E-state index contributed by atoms with van der Waals surface area (Å²) in [4.78, 5) is 27.7. The summed E-state index contributed by atoms with van der Waals surface area (Å²) in [5.41, 5.74) is 0.379. The fraction of sp³-hybridized carbons (Fsp3) is 0.652. The Bertz CT molecular complexity index is 704. The third-order valence-corrected chi connectivity index (χ3v) is 6.33. The molecule has 4 rings (SSSR count). The third kappa shape index (κ3) is 4.85. The highest BCUT2D eigenvalue weighted by molar-refractivity contribution is 5.92. The summed E-state index contributed by atoms with van der Waals surface area (Å²) in [5.74, 6) is 0.630. The molecule has 6 nitrogen and oxygen atoms in total. The Labute approximate surface area is 172 Å². The van der Waals surface area contributed by atoms with Gasteiger partial charge in [-0.05, 0) is 43.9 Å². The van der Waals surface area contributed by atoms with Crippen LogP contribution < -0.4 is 9.47 Å². The number of hydrogen-bond acceptors (Lipinski definition) is 5. The van der Waals surface area contributed by atoms with Crippen LogP contribution in [0.2, 0.25) is 0 Å². The van der Waals surface area contributed by atoms with Crippen molar-refractivity contribution in [3.05, 3.63) is 23.8 Å². The maximum atomic E-state index is 13.1. The Balaban J connectivity index is 1.39. The number of esters is 1. The molecule has 0 saturated heterocycles. The predicted molar refractivity (Wildman–Crippen MR) is 108 cm³/mol. The first kappa shape index (κ1) is 20.0. The highest BCUT2D eigenvalue weighted by atomic mass is 16.6. The van der Waals surface area contributed by atoms with Crippen LogP contribution in [0, 0.1) is 0 Å². The number of amides is 1. The van der Waals surface area contributed by atoms with Gasteiger partial charge in [0.1, 0.15) is 13.2 Å². The van der Waals surface area contributed by atoms with E-state index in [1.165, 1.54) is 38.5 Å². The van der Waals surface area contributed by atoms with Gasteiger partial charge in [-0.25, -0.2) is 4.79 Å². The second-order valence-corrected chi connectivity index (χ2v) is 8.32. The van der Waals surface area contributed by atoms with E-state index in [1.807, 2.05) is 0 Å². The first-order valence-corrected chi connectivity index (χ1v) is 11.1. The number of nitrogens with zero attached hydrogens (tertiary/aromatic N) is 1. The molecule has 1 aliphatic heterocycles. The summed E-state index contributed by atoms with van der Waals surface area (Å²) < 4.78 is 16.4. The zero-order chi connectivity index (χ0) is 20.1. The molecule has 0 radical (unpaired) electrons. The van der Waals surface area contributed by atoms with Crippen LogP contribution in [-0.4, -0.2) is 48.7 Å². The van der Waals surface area contributed by atoms with Gasteiger partial charge in [0.25, 0.3) is 5.91 Å². The Kier molecular flexibility index (Phi) is 6.57. The first-order chi connectivity index (χ1) is 14.2. The molecule has 3 aliphatic rings. The van der Waals surface area contributed by atoms with Crippen molar-refractivity contribution in [2.45, 2.75) is 76.3 Å². The lowest BCUT2D eigenvalue weighted by Gasteiger charge is -2.41. The molecule has 0 aromatic heterocycles. The topological polar surface area (TPSA) is 65.1 Å². The van der Waals surface area contributed by atoms with E-state index in [0.29, 0.717) is 42.4 Å². The predicted octanol–water partition coefficient (Wildman–Crippen LogP) is 4.11. The summed E-state index contributed by atoms with van der Waals surface area (Å²) in [6.07, 6.45) is 11.5. The largest absolute Gasteiger partial charge is 0.486 e. The van der Waals surface area contributed by atoms with E-state index in [0.717, 1.165) is 25.7 Å². The van der Waals surface area contributed by atoms with Crippen LogP contribution in [0.1, 0.15) is 74.6 Å². The first-order valence-electron chi connectivity index (χ1n) is 11.1. The van der Waals surface area contributed by atoms with Crippen molar-refractivity contribution in [3.63, 3.8) is 0 Å². The average Bonchev–Trinajstić information content (AvgIpc) is 2.79. The zero-order valence-corrected chi connectivity index (χ0v) is 17.1. The Morgan fingerprint density at radius 3 is 2.07 bits per heavy atom. The van der Waals surface area contributed by atoms with Crippen LogP contribution in [0.4, 0.5) is 0 Å². The SMILES string of the molecule is O=C(OCC(=O)N(C1CCCCC1)C1CCCCC1)c1ccc2c(c1)OCCO2. The van der Waals surface area contributed by atoms with Gasteiger partial charge in [0.15, 0.2) is 18.1 Å². The maximum absolute atomic E-state index is 13.1. The molecular formula is C23H31NO5. The third-order valence-electron chi connectivity index (χ3n) is 6.33. The monoisotopic (exact) mass is 401 g/mol. The molecule has 1 aromatic rings. The number of carbonyl (C=O) groups is 2. The van der Waals surface area contributed by atoms with Crippen molar-refractivity contribution in [2.75, 3.05) is 19.8 Å². The van der Waals surface area contributed by atoms with Crippen molar-refractivity contribution in [3.8, 4) is 11.5 Å². The molecule has 1 aromatic carbocycles. The second kappa shape index (κ2) is 9.51. The van der Waals surface area contributed by atoms with Crippen molar-refractivity contribution in [1.82, 2.24) is 4.90 Å². The maximum Gasteiger partial charge on any atom is 0.338 e. The van der Waals surface area contributed by atoms with Gasteiger partial charge >= 0.3 is 5.97 Å². The van der Waals surface area contributed by atoms with E-state index in [1.54, 1.807) is 18.2 Å². The Morgan fingerprint density at radius 1 is 0.862 bits per heavy atom. The lowest BCUT2D eigenvalue weighted by Crippen LogP contribution is -2.50. The summed E-state index contributed by atoms with van der Waals surface area (Å²) >= 11 is 0. The molecule has 1 amide bonds. The molecular weight excluding hydrogens is 370 g/mol. The fourth-order valence-corrected chi connectivity index (χ4v) is 4.88. The fourth-order valence-electron chi connectivity index (χ4n) is 4.88. The Hall–Kier alpha value is -2.24. The lowest BCUT2D eigenvalue weighted by atomic mass is 9.88. The highest BCUT2D eigenvalue weighted by Crippen LogP contribution is 2.32. The summed E-state index contributed by atoms with van der Waals surface area (Å²) in [5, 5.41) is 0. The van der Waals surface area contributed by atoms with Crippen LogP contribution in [0.5, 0.6) is 11.5 Å². The van der Waals surface area contributed by atoms with Gasteiger partial charge in [-0.2, -0.15) is 0 Å². The zero-order valence-electron chi connectivity index (χ0n) is 17.1. The van der Waals surface area contributed by atoms with Crippen LogP contribution >= 0.6 is 0 Å². The van der Waals surface area contributed by atoms with Crippen LogP contribution in [0.15, 0.2) is 18.2 Å². The van der Waals surface area contributed by atoms with Gasteiger partial charge in [-0.3, -0.25) is 4.79 Å². The minimum atomic E-state index is -0.498.